The molecule has 3 rings (SSSR count). The minimum absolute atomic E-state index is 0.246. The average Bonchev–Trinajstić information content (AvgIpc) is 2.97. The maximum atomic E-state index is 12.4. The Bertz CT molecular complexity index is 860. The van der Waals surface area contributed by atoms with E-state index in [0.29, 0.717) is 0 Å². The molecule has 0 spiro atoms. The third kappa shape index (κ3) is 3.19. The minimum Gasteiger partial charge on any atom is -0.443 e. The van der Waals surface area contributed by atoms with E-state index in [0.717, 1.165) is 22.0 Å². The van der Waals surface area contributed by atoms with Gasteiger partial charge in [0.1, 0.15) is 5.60 Å². The summed E-state index contributed by atoms with van der Waals surface area (Å²) in [5.74, 6) is 0. The molecule has 0 unspecified atom stereocenters. The summed E-state index contributed by atoms with van der Waals surface area (Å²) >= 11 is 0. The zero-order valence-corrected chi connectivity index (χ0v) is 14.2. The molecule has 0 radical (unpaired) electrons. The first-order chi connectivity index (χ1) is 11.4. The summed E-state index contributed by atoms with van der Waals surface area (Å²) < 4.78 is 7.00. The van der Waals surface area contributed by atoms with Crippen molar-refractivity contribution < 1.29 is 9.53 Å². The van der Waals surface area contributed by atoms with Crippen molar-refractivity contribution in [3.8, 4) is 0 Å². The highest BCUT2D eigenvalue weighted by Crippen LogP contribution is 2.28. The molecule has 0 saturated carbocycles. The number of carbonyl (C=O) groups is 1. The van der Waals surface area contributed by atoms with E-state index in [9.17, 15) is 4.79 Å². The van der Waals surface area contributed by atoms with Crippen LogP contribution in [0.2, 0.25) is 0 Å². The smallest absolute Gasteiger partial charge is 0.418 e. The molecule has 0 amide bonds. The lowest BCUT2D eigenvalue weighted by atomic mass is 9.97. The number of rotatable bonds is 2. The normalized spacial score (nSPS) is 13.0. The zero-order chi connectivity index (χ0) is 17.3. The molecular formula is C20H22N2O2. The predicted molar refractivity (Wildman–Crippen MR) is 96.0 cm³/mol. The molecule has 124 valence electrons. The number of benzene rings is 2. The van der Waals surface area contributed by atoms with Gasteiger partial charge in [0.2, 0.25) is 0 Å². The maximum Gasteiger partial charge on any atom is 0.418 e. The van der Waals surface area contributed by atoms with E-state index in [1.165, 1.54) is 4.57 Å². The van der Waals surface area contributed by atoms with Crippen molar-refractivity contribution in [3.05, 3.63) is 71.9 Å². The summed E-state index contributed by atoms with van der Waals surface area (Å²) in [5.41, 5.74) is 8.73. The lowest BCUT2D eigenvalue weighted by Crippen LogP contribution is -2.26. The van der Waals surface area contributed by atoms with Gasteiger partial charge in [-0.2, -0.15) is 0 Å². The summed E-state index contributed by atoms with van der Waals surface area (Å²) in [5, 5.41) is 0.958. The van der Waals surface area contributed by atoms with Crippen LogP contribution in [0.3, 0.4) is 0 Å². The van der Waals surface area contributed by atoms with Crippen molar-refractivity contribution >= 4 is 17.0 Å². The molecule has 3 aromatic rings. The van der Waals surface area contributed by atoms with E-state index in [4.69, 9.17) is 10.5 Å². The first-order valence-corrected chi connectivity index (χ1v) is 8.01. The van der Waals surface area contributed by atoms with Crippen molar-refractivity contribution in [2.24, 2.45) is 5.73 Å². The van der Waals surface area contributed by atoms with Gasteiger partial charge in [0.05, 0.1) is 11.6 Å². The summed E-state index contributed by atoms with van der Waals surface area (Å²) in [6.07, 6.45) is 1.35. The van der Waals surface area contributed by atoms with Gasteiger partial charge in [-0.3, -0.25) is 4.57 Å². The van der Waals surface area contributed by atoms with Crippen LogP contribution in [0.5, 0.6) is 0 Å². The van der Waals surface area contributed by atoms with Crippen LogP contribution in [-0.2, 0) is 4.74 Å². The molecule has 0 saturated heterocycles. The third-order valence-electron chi connectivity index (χ3n) is 3.85. The van der Waals surface area contributed by atoms with Gasteiger partial charge >= 0.3 is 6.09 Å². The second kappa shape index (κ2) is 6.13. The Morgan fingerprint density at radius 1 is 1.04 bits per heavy atom. The number of nitrogens with zero attached hydrogens (tertiary/aromatic N) is 1. The van der Waals surface area contributed by atoms with Gasteiger partial charge in [-0.25, -0.2) is 4.79 Å². The first kappa shape index (κ1) is 16.3. The van der Waals surface area contributed by atoms with Gasteiger partial charge in [0.25, 0.3) is 0 Å². The van der Waals surface area contributed by atoms with Gasteiger partial charge in [0.15, 0.2) is 0 Å². The van der Waals surface area contributed by atoms with Crippen molar-refractivity contribution in [1.82, 2.24) is 4.57 Å². The molecule has 0 aliphatic heterocycles. The molecule has 0 aliphatic rings. The Morgan fingerprint density at radius 2 is 1.75 bits per heavy atom. The Kier molecular flexibility index (Phi) is 4.16. The molecule has 1 aromatic heterocycles. The monoisotopic (exact) mass is 322 g/mol. The second-order valence-electron chi connectivity index (χ2n) is 6.83. The van der Waals surface area contributed by atoms with Crippen LogP contribution >= 0.6 is 0 Å². The first-order valence-electron chi connectivity index (χ1n) is 8.01. The summed E-state index contributed by atoms with van der Waals surface area (Å²) in [4.78, 5) is 12.4. The number of carbonyl (C=O) groups excluding carboxylic acids is 1. The van der Waals surface area contributed by atoms with Crippen LogP contribution in [0.4, 0.5) is 4.79 Å². The molecule has 1 atom stereocenters. The van der Waals surface area contributed by atoms with Crippen LogP contribution in [0.15, 0.2) is 60.8 Å². The second-order valence-corrected chi connectivity index (χ2v) is 6.83. The average molecular weight is 322 g/mol. The number of aromatic nitrogens is 1. The molecule has 0 bridgehead atoms. The quantitative estimate of drug-likeness (QED) is 0.757. The van der Waals surface area contributed by atoms with Gasteiger partial charge < -0.3 is 10.5 Å². The molecular weight excluding hydrogens is 300 g/mol. The lowest BCUT2D eigenvalue weighted by Gasteiger charge is -2.20. The van der Waals surface area contributed by atoms with Crippen molar-refractivity contribution in [3.63, 3.8) is 0 Å². The highest BCUT2D eigenvalue weighted by Gasteiger charge is 2.20. The fourth-order valence-electron chi connectivity index (χ4n) is 2.77. The van der Waals surface area contributed by atoms with E-state index in [1.54, 1.807) is 6.20 Å². The van der Waals surface area contributed by atoms with E-state index in [-0.39, 0.29) is 12.1 Å². The molecule has 1 heterocycles. The van der Waals surface area contributed by atoms with Gasteiger partial charge in [-0.05, 0) is 44.0 Å². The largest absolute Gasteiger partial charge is 0.443 e. The SMILES string of the molecule is CC(C)(C)OC(=O)n1ccc2c([C@H](N)c3ccccc3)cccc21. The van der Waals surface area contributed by atoms with Crippen LogP contribution in [-0.4, -0.2) is 16.3 Å². The Morgan fingerprint density at radius 3 is 2.42 bits per heavy atom. The summed E-state index contributed by atoms with van der Waals surface area (Å²) in [7, 11) is 0. The van der Waals surface area contributed by atoms with Crippen molar-refractivity contribution in [1.29, 1.82) is 0 Å². The third-order valence-corrected chi connectivity index (χ3v) is 3.85. The van der Waals surface area contributed by atoms with E-state index in [1.807, 2.05) is 75.4 Å². The van der Waals surface area contributed by atoms with Crippen molar-refractivity contribution in [2.45, 2.75) is 32.4 Å². The zero-order valence-electron chi connectivity index (χ0n) is 14.2. The molecule has 2 N–H and O–H groups in total. The molecule has 24 heavy (non-hydrogen) atoms. The Balaban J connectivity index is 2.02. The van der Waals surface area contributed by atoms with Gasteiger partial charge in [-0.1, -0.05) is 42.5 Å². The lowest BCUT2D eigenvalue weighted by molar-refractivity contribution is 0.0544. The number of hydrogen-bond donors (Lipinski definition) is 1. The Hall–Kier alpha value is -2.59. The molecule has 4 nitrogen and oxygen atoms in total. The van der Waals surface area contributed by atoms with Crippen LogP contribution in [0.25, 0.3) is 10.9 Å². The topological polar surface area (TPSA) is 57.2 Å². The number of ether oxygens (including phenoxy) is 1. The molecule has 4 heteroatoms. The van der Waals surface area contributed by atoms with E-state index >= 15 is 0 Å². The maximum absolute atomic E-state index is 12.4. The summed E-state index contributed by atoms with van der Waals surface area (Å²) in [6, 6.07) is 17.4. The number of nitrogens with two attached hydrogens (primary N) is 1. The Labute approximate surface area is 141 Å². The highest BCUT2D eigenvalue weighted by molar-refractivity contribution is 5.92. The fraction of sp³-hybridized carbons (Fsp3) is 0.250. The van der Waals surface area contributed by atoms with Gasteiger partial charge in [0, 0.05) is 11.6 Å². The number of hydrogen-bond acceptors (Lipinski definition) is 3. The van der Waals surface area contributed by atoms with E-state index in [2.05, 4.69) is 0 Å². The van der Waals surface area contributed by atoms with E-state index < -0.39 is 5.60 Å². The van der Waals surface area contributed by atoms with Crippen LogP contribution in [0, 0.1) is 0 Å². The molecule has 2 aromatic carbocycles. The molecule has 0 aliphatic carbocycles. The predicted octanol–water partition coefficient (Wildman–Crippen LogP) is 4.47. The van der Waals surface area contributed by atoms with Crippen LogP contribution in [0.1, 0.15) is 37.9 Å². The molecule has 0 fully saturated rings. The summed E-state index contributed by atoms with van der Waals surface area (Å²) in [6.45, 7) is 5.56. The van der Waals surface area contributed by atoms with Crippen LogP contribution < -0.4 is 5.73 Å². The fourth-order valence-corrected chi connectivity index (χ4v) is 2.77. The minimum atomic E-state index is -0.536. The standard InChI is InChI=1S/C20H22N2O2/c1-20(2,3)24-19(23)22-13-12-15-16(10-7-11-17(15)22)18(21)14-8-5-4-6-9-14/h4-13,18H,21H2,1-3H3/t18-/m1/s1. The number of fused-ring (bicyclic) bond motifs is 1. The highest BCUT2D eigenvalue weighted by atomic mass is 16.6. The van der Waals surface area contributed by atoms with Gasteiger partial charge in [-0.15, -0.1) is 0 Å². The van der Waals surface area contributed by atoms with Crippen molar-refractivity contribution in [2.75, 3.05) is 0 Å².